The van der Waals surface area contributed by atoms with Crippen molar-refractivity contribution in [1.29, 1.82) is 0 Å². The summed E-state index contributed by atoms with van der Waals surface area (Å²) in [6.45, 7) is 3.23. The smallest absolute Gasteiger partial charge is 0.370 e. The number of halogens is 3. The first kappa shape index (κ1) is 14.9. The number of hydrogen-bond acceptors (Lipinski definition) is 3. The molecule has 3 nitrogen and oxygen atoms in total. The fraction of sp³-hybridized carbons (Fsp3) is 0.643. The molecule has 20 heavy (non-hydrogen) atoms. The van der Waals surface area contributed by atoms with Gasteiger partial charge in [0.1, 0.15) is 11.6 Å². The molecular formula is C14H20F3N3. The summed E-state index contributed by atoms with van der Waals surface area (Å²) in [6.07, 6.45) is -0.0431. The third kappa shape index (κ3) is 4.58. The van der Waals surface area contributed by atoms with Gasteiger partial charge in [0.2, 0.25) is 0 Å². The molecule has 0 amide bonds. The molecule has 2 N–H and O–H groups in total. The zero-order chi connectivity index (χ0) is 14.6. The molecule has 0 aliphatic heterocycles. The highest BCUT2D eigenvalue weighted by atomic mass is 19.4. The second kappa shape index (κ2) is 6.33. The summed E-state index contributed by atoms with van der Waals surface area (Å²) in [5.41, 5.74) is -0.667. The minimum atomic E-state index is -4.35. The molecule has 0 aromatic carbocycles. The van der Waals surface area contributed by atoms with Crippen LogP contribution in [-0.4, -0.2) is 18.1 Å². The highest BCUT2D eigenvalue weighted by Gasteiger charge is 2.31. The number of nitrogens with zero attached hydrogens (tertiary/aromatic N) is 1. The van der Waals surface area contributed by atoms with Gasteiger partial charge in [-0.3, -0.25) is 0 Å². The Morgan fingerprint density at radius 2 is 1.75 bits per heavy atom. The number of rotatable bonds is 7. The van der Waals surface area contributed by atoms with Crippen LogP contribution >= 0.6 is 0 Å². The van der Waals surface area contributed by atoms with E-state index in [0.29, 0.717) is 18.9 Å². The summed E-state index contributed by atoms with van der Waals surface area (Å²) in [4.78, 5) is 4.18. The Balaban J connectivity index is 2.06. The van der Waals surface area contributed by atoms with Gasteiger partial charge >= 0.3 is 6.18 Å². The Hall–Kier alpha value is -1.46. The van der Waals surface area contributed by atoms with E-state index in [4.69, 9.17) is 0 Å². The minimum Gasteiger partial charge on any atom is -0.370 e. The summed E-state index contributed by atoms with van der Waals surface area (Å²) in [5, 5.41) is 5.90. The molecule has 0 atom stereocenters. The molecule has 1 aromatic heterocycles. The lowest BCUT2D eigenvalue weighted by Gasteiger charge is -2.13. The van der Waals surface area contributed by atoms with Crippen LogP contribution in [0.3, 0.4) is 0 Å². The third-order valence-electron chi connectivity index (χ3n) is 3.26. The van der Waals surface area contributed by atoms with Gasteiger partial charge in [-0.2, -0.15) is 13.2 Å². The third-order valence-corrected chi connectivity index (χ3v) is 3.26. The lowest BCUT2D eigenvalue weighted by molar-refractivity contribution is -0.137. The van der Waals surface area contributed by atoms with Gasteiger partial charge in [0.05, 0.1) is 5.56 Å². The molecule has 0 spiro atoms. The second-order valence-electron chi connectivity index (χ2n) is 5.21. The topological polar surface area (TPSA) is 37.0 Å². The highest BCUT2D eigenvalue weighted by molar-refractivity contribution is 5.49. The van der Waals surface area contributed by atoms with E-state index >= 15 is 0 Å². The van der Waals surface area contributed by atoms with E-state index in [0.717, 1.165) is 30.9 Å². The monoisotopic (exact) mass is 287 g/mol. The van der Waals surface area contributed by atoms with Crippen molar-refractivity contribution >= 4 is 11.6 Å². The average molecular weight is 287 g/mol. The zero-order valence-corrected chi connectivity index (χ0v) is 11.6. The van der Waals surface area contributed by atoms with E-state index in [9.17, 15) is 13.2 Å². The van der Waals surface area contributed by atoms with Gasteiger partial charge in [-0.15, -0.1) is 0 Å². The van der Waals surface area contributed by atoms with Gasteiger partial charge in [-0.1, -0.05) is 19.8 Å². The van der Waals surface area contributed by atoms with E-state index in [-0.39, 0.29) is 5.82 Å². The largest absolute Gasteiger partial charge is 0.416 e. The van der Waals surface area contributed by atoms with E-state index in [1.54, 1.807) is 0 Å². The van der Waals surface area contributed by atoms with Crippen LogP contribution in [-0.2, 0) is 6.18 Å². The lowest BCUT2D eigenvalue weighted by atomic mass is 10.2. The van der Waals surface area contributed by atoms with Crippen LogP contribution in [0.4, 0.5) is 24.8 Å². The van der Waals surface area contributed by atoms with Crippen molar-refractivity contribution in [1.82, 2.24) is 4.98 Å². The Morgan fingerprint density at radius 3 is 2.25 bits per heavy atom. The average Bonchev–Trinajstić information content (AvgIpc) is 3.19. The first-order chi connectivity index (χ1) is 9.49. The predicted octanol–water partition coefficient (Wildman–Crippen LogP) is 4.13. The van der Waals surface area contributed by atoms with Gasteiger partial charge in [0, 0.05) is 13.1 Å². The first-order valence-electron chi connectivity index (χ1n) is 7.06. The number of anilines is 2. The fourth-order valence-corrected chi connectivity index (χ4v) is 1.94. The maximum absolute atomic E-state index is 12.8. The molecule has 0 bridgehead atoms. The SMILES string of the molecule is CCCNc1cc(C(F)(F)F)cc(NCCC2CC2)n1. The van der Waals surface area contributed by atoms with Gasteiger partial charge in [-0.25, -0.2) is 4.98 Å². The van der Waals surface area contributed by atoms with Crippen LogP contribution in [0.1, 0.15) is 38.2 Å². The highest BCUT2D eigenvalue weighted by Crippen LogP contribution is 2.33. The molecule has 0 radical (unpaired) electrons. The number of aromatic nitrogens is 1. The Bertz CT molecular complexity index is 442. The van der Waals surface area contributed by atoms with Crippen molar-refractivity contribution in [2.75, 3.05) is 23.7 Å². The van der Waals surface area contributed by atoms with Crippen molar-refractivity contribution in [3.05, 3.63) is 17.7 Å². The van der Waals surface area contributed by atoms with Crippen LogP contribution in [0.5, 0.6) is 0 Å². The zero-order valence-electron chi connectivity index (χ0n) is 11.6. The molecule has 1 aliphatic rings. The molecule has 1 aromatic rings. The molecule has 1 aliphatic carbocycles. The quantitative estimate of drug-likeness (QED) is 0.791. The van der Waals surface area contributed by atoms with Crippen LogP contribution in [0.25, 0.3) is 0 Å². The van der Waals surface area contributed by atoms with Crippen molar-refractivity contribution in [3.8, 4) is 0 Å². The Morgan fingerprint density at radius 1 is 1.15 bits per heavy atom. The van der Waals surface area contributed by atoms with E-state index in [1.165, 1.54) is 12.8 Å². The summed E-state index contributed by atoms with van der Waals surface area (Å²) in [7, 11) is 0. The standard InChI is InChI=1S/C14H20F3N3/c1-2-6-18-12-8-11(14(15,16)17)9-13(20-12)19-7-5-10-3-4-10/h8-10H,2-7H2,1H3,(H2,18,19,20). The van der Waals surface area contributed by atoms with E-state index < -0.39 is 11.7 Å². The fourth-order valence-electron chi connectivity index (χ4n) is 1.94. The molecule has 1 saturated carbocycles. The Kier molecular flexibility index (Phi) is 4.73. The molecule has 0 unspecified atom stereocenters. The molecular weight excluding hydrogens is 267 g/mol. The van der Waals surface area contributed by atoms with Crippen molar-refractivity contribution in [2.45, 2.75) is 38.8 Å². The molecule has 1 heterocycles. The van der Waals surface area contributed by atoms with E-state index in [1.807, 2.05) is 6.92 Å². The summed E-state index contributed by atoms with van der Waals surface area (Å²) >= 11 is 0. The molecule has 6 heteroatoms. The maximum Gasteiger partial charge on any atom is 0.416 e. The van der Waals surface area contributed by atoms with Crippen LogP contribution in [0, 0.1) is 5.92 Å². The number of hydrogen-bond donors (Lipinski definition) is 2. The molecule has 0 saturated heterocycles. The van der Waals surface area contributed by atoms with Crippen molar-refractivity contribution in [2.24, 2.45) is 5.92 Å². The first-order valence-corrected chi connectivity index (χ1v) is 7.06. The van der Waals surface area contributed by atoms with Crippen molar-refractivity contribution < 1.29 is 13.2 Å². The van der Waals surface area contributed by atoms with Crippen LogP contribution in [0.15, 0.2) is 12.1 Å². The number of pyridine rings is 1. The normalized spacial score (nSPS) is 15.2. The van der Waals surface area contributed by atoms with Crippen molar-refractivity contribution in [3.63, 3.8) is 0 Å². The summed E-state index contributed by atoms with van der Waals surface area (Å²) in [6, 6.07) is 2.13. The minimum absolute atomic E-state index is 0.274. The van der Waals surface area contributed by atoms with E-state index in [2.05, 4.69) is 15.6 Å². The van der Waals surface area contributed by atoms with Crippen LogP contribution in [0.2, 0.25) is 0 Å². The maximum atomic E-state index is 12.8. The number of nitrogens with one attached hydrogen (secondary N) is 2. The van der Waals surface area contributed by atoms with Gasteiger partial charge in [0.15, 0.2) is 0 Å². The molecule has 2 rings (SSSR count). The predicted molar refractivity (Wildman–Crippen MR) is 73.9 cm³/mol. The van der Waals surface area contributed by atoms with Crippen LogP contribution < -0.4 is 10.6 Å². The Labute approximate surface area is 117 Å². The molecule has 112 valence electrons. The molecule has 1 fully saturated rings. The second-order valence-corrected chi connectivity index (χ2v) is 5.21. The van der Waals surface area contributed by atoms with Gasteiger partial charge in [-0.05, 0) is 30.9 Å². The summed E-state index contributed by atoms with van der Waals surface area (Å²) < 4.78 is 38.5. The van der Waals surface area contributed by atoms with Gasteiger partial charge < -0.3 is 10.6 Å². The summed E-state index contributed by atoms with van der Waals surface area (Å²) in [5.74, 6) is 1.31. The lowest BCUT2D eigenvalue weighted by Crippen LogP contribution is -2.12. The number of alkyl halides is 3. The van der Waals surface area contributed by atoms with Gasteiger partial charge in [0.25, 0.3) is 0 Å².